The van der Waals surface area contributed by atoms with E-state index < -0.39 is 66.7 Å². The summed E-state index contributed by atoms with van der Waals surface area (Å²) in [7, 11) is -0.473. The topological polar surface area (TPSA) is 425 Å². The molecule has 2 bridgehead atoms. The van der Waals surface area contributed by atoms with Gasteiger partial charge in [0.05, 0.1) is 108 Å². The molecule has 9 rings (SSSR count). The van der Waals surface area contributed by atoms with Crippen LogP contribution < -0.4 is 36.6 Å². The fraction of sp³-hybridized carbons (Fsp3) is 0.653. The Morgan fingerprint density at radius 1 is 0.606 bits per heavy atom. The predicted octanol–water partition coefficient (Wildman–Crippen LogP) is 0.922. The third kappa shape index (κ3) is 28.4. The van der Waals surface area contributed by atoms with E-state index in [-0.39, 0.29) is 224 Å². The van der Waals surface area contributed by atoms with Crippen LogP contribution in [0, 0.1) is 23.2 Å². The maximum atomic E-state index is 13.9. The van der Waals surface area contributed by atoms with Gasteiger partial charge in [-0.1, -0.05) is 52.0 Å². The van der Waals surface area contributed by atoms with Crippen molar-refractivity contribution in [2.75, 3.05) is 158 Å². The fourth-order valence-electron chi connectivity index (χ4n) is 14.7. The van der Waals surface area contributed by atoms with Gasteiger partial charge < -0.3 is 85.5 Å². The molecule has 7 atom stereocenters. The SMILES string of the molecule is CC(C)Cc1ccc(CC(=O)NCCCC(NC(=O)C(CCCCNC(=O)CN2CCN(CC(=O)O)CCN(CC(=O)O)CCN(CC(=O)O)CC2)NC(=O)CCOCCOCCOCCNC(=O)COc2ccc3c(C(=O)NCC(=O)N4CCC[C@H]4B4O[C@H]5CC6CC([C@H]5O4)C6(C)C)ccnc3c2)C(=O)O)cc1. The van der Waals surface area contributed by atoms with Gasteiger partial charge in [-0.25, -0.2) is 4.79 Å². The van der Waals surface area contributed by atoms with E-state index in [0.29, 0.717) is 59.4 Å². The highest BCUT2D eigenvalue weighted by molar-refractivity contribution is 6.47. The number of rotatable bonds is 44. The minimum absolute atomic E-state index is 0.0324. The van der Waals surface area contributed by atoms with Crippen molar-refractivity contribution in [3.63, 3.8) is 0 Å². The van der Waals surface area contributed by atoms with Crippen LogP contribution in [-0.4, -0.2) is 310 Å². The lowest BCUT2D eigenvalue weighted by Gasteiger charge is -2.60. The number of pyridine rings is 1. The van der Waals surface area contributed by atoms with Gasteiger partial charge in [-0.05, 0) is 117 Å². The monoisotopic (exact) mass is 1530 g/mol. The number of amides is 7. The summed E-state index contributed by atoms with van der Waals surface area (Å²) in [6, 6.07) is 11.8. The maximum Gasteiger partial charge on any atom is 0.481 e. The number of hydrogen-bond acceptors (Lipinski definition) is 22. The van der Waals surface area contributed by atoms with Crippen LogP contribution in [0.2, 0.25) is 0 Å². The molecule has 4 heterocycles. The second-order valence-corrected chi connectivity index (χ2v) is 29.7. The van der Waals surface area contributed by atoms with Crippen LogP contribution >= 0.6 is 0 Å². The molecule has 600 valence electrons. The van der Waals surface area contributed by atoms with Crippen LogP contribution in [0.15, 0.2) is 54.7 Å². The van der Waals surface area contributed by atoms with Crippen molar-refractivity contribution in [3.8, 4) is 5.75 Å². The Kier molecular flexibility index (Phi) is 34.6. The molecule has 3 saturated heterocycles. The molecule has 6 fully saturated rings. The normalized spacial score (nSPS) is 20.3. The number of nitrogens with one attached hydrogen (secondary N) is 6. The second kappa shape index (κ2) is 43.8. The number of carbonyl (C=O) groups is 11. The molecule has 34 heteroatoms. The van der Waals surface area contributed by atoms with Crippen LogP contribution in [0.5, 0.6) is 5.75 Å². The van der Waals surface area contributed by atoms with Gasteiger partial charge in [0.1, 0.15) is 17.8 Å². The average Bonchev–Trinajstić information content (AvgIpc) is 0.996. The van der Waals surface area contributed by atoms with E-state index in [1.807, 2.05) is 24.3 Å². The Balaban J connectivity index is 0.710. The summed E-state index contributed by atoms with van der Waals surface area (Å²) in [4.78, 5) is 154. The predicted molar refractivity (Wildman–Crippen MR) is 398 cm³/mol. The van der Waals surface area contributed by atoms with E-state index in [4.69, 9.17) is 28.3 Å². The van der Waals surface area contributed by atoms with E-state index in [1.54, 1.807) is 48.8 Å². The number of aliphatic carboxylic acids is 4. The number of nitrogens with zero attached hydrogens (tertiary/aromatic N) is 6. The molecule has 2 aromatic carbocycles. The zero-order valence-corrected chi connectivity index (χ0v) is 63.3. The largest absolute Gasteiger partial charge is 0.484 e. The Morgan fingerprint density at radius 2 is 1.19 bits per heavy atom. The van der Waals surface area contributed by atoms with Gasteiger partial charge in [0.2, 0.25) is 29.5 Å². The molecule has 33 nitrogen and oxygen atoms in total. The van der Waals surface area contributed by atoms with Gasteiger partial charge >= 0.3 is 31.0 Å². The van der Waals surface area contributed by atoms with Crippen LogP contribution in [0.1, 0.15) is 113 Å². The third-order valence-corrected chi connectivity index (χ3v) is 20.8. The highest BCUT2D eigenvalue weighted by atomic mass is 16.7. The smallest absolute Gasteiger partial charge is 0.481 e. The molecule has 6 aliphatic rings. The number of likely N-dealkylation sites (tertiary alicyclic amines) is 1. The summed E-state index contributed by atoms with van der Waals surface area (Å²) in [5, 5.41) is 55.8. The number of carboxylic acid groups (broad SMARTS) is 4. The summed E-state index contributed by atoms with van der Waals surface area (Å²) in [5.41, 5.74) is 3.03. The Labute approximate surface area is 636 Å². The number of benzene rings is 2. The molecule has 0 radical (unpaired) electrons. The van der Waals surface area contributed by atoms with E-state index in [2.05, 4.69) is 64.6 Å². The van der Waals surface area contributed by atoms with E-state index >= 15 is 0 Å². The van der Waals surface area contributed by atoms with E-state index in [9.17, 15) is 73.2 Å². The number of carbonyl (C=O) groups excluding carboxylic acids is 7. The van der Waals surface area contributed by atoms with Crippen molar-refractivity contribution < 1.29 is 101 Å². The van der Waals surface area contributed by atoms with Gasteiger partial charge in [-0.2, -0.15) is 0 Å². The van der Waals surface area contributed by atoms with Gasteiger partial charge in [0, 0.05) is 103 Å². The van der Waals surface area contributed by atoms with Crippen molar-refractivity contribution in [1.29, 1.82) is 0 Å². The number of fused-ring (bicyclic) bond motifs is 1. The molecule has 10 N–H and O–H groups in total. The highest BCUT2D eigenvalue weighted by Crippen LogP contribution is 2.62. The number of ether oxygens (including phenoxy) is 4. The van der Waals surface area contributed by atoms with Crippen LogP contribution in [0.25, 0.3) is 10.9 Å². The first kappa shape index (κ1) is 86.1. The lowest BCUT2D eigenvalue weighted by atomic mass is 9.47. The fourth-order valence-corrected chi connectivity index (χ4v) is 14.7. The van der Waals surface area contributed by atoms with Gasteiger partial charge in [0.25, 0.3) is 11.8 Å². The molecule has 3 aliphatic heterocycles. The lowest BCUT2D eigenvalue weighted by molar-refractivity contribution is -0.150. The number of hydrogen-bond donors (Lipinski definition) is 10. The van der Waals surface area contributed by atoms with Crippen molar-refractivity contribution in [2.45, 2.75) is 135 Å². The van der Waals surface area contributed by atoms with Crippen molar-refractivity contribution in [1.82, 2.24) is 61.4 Å². The summed E-state index contributed by atoms with van der Waals surface area (Å²) >= 11 is 0. The summed E-state index contributed by atoms with van der Waals surface area (Å²) in [6.45, 7) is 11.0. The molecular formula is C75H111BN12O21. The van der Waals surface area contributed by atoms with Gasteiger partial charge in [-0.15, -0.1) is 0 Å². The number of unbranched alkanes of at least 4 members (excludes halogenated alkanes) is 1. The molecule has 7 amide bonds. The quantitative estimate of drug-likeness (QED) is 0.0278. The van der Waals surface area contributed by atoms with E-state index in [1.165, 1.54) is 11.8 Å². The van der Waals surface area contributed by atoms with Crippen molar-refractivity contribution in [2.24, 2.45) is 23.2 Å². The molecule has 1 aromatic heterocycles. The average molecular weight is 1530 g/mol. The van der Waals surface area contributed by atoms with Crippen LogP contribution in [0.3, 0.4) is 0 Å². The standard InChI is InChI=1S/C75H111BN12O21/c1-50(2)39-51-12-14-52(15-13-51)40-64(90)78-21-7-10-59(74(102)103)83-73(101)58(9-5-6-20-79-65(91)45-84-25-27-85(46-68(94)95)29-31-87(48-70(98)99)32-30-86(28-26-84)47-69(96)97)82-63(89)19-33-104-35-37-106-38-36-105-34-23-80-66(92)49-107-54-16-17-55-56(18-22-77-60(55)43-54)72(100)81-44-67(93)88-24-8-11-62(88)76-108-61-42-53-41-57(71(61)109-76)75(53,3)4/h12-18,22,43,50,53,57-59,61-62,71H,5-11,19-21,23-42,44-49H2,1-4H3,(H,78,90)(H,79,91)(H,80,92)(H,81,100)(H,82,89)(H,83,101)(H,94,95)(H,96,97)(H,98,99)(H,102,103)/t53?,57?,58?,59?,61-,62-,71+/m0/s1. The summed E-state index contributed by atoms with van der Waals surface area (Å²) in [5.74, 6) is -5.78. The highest BCUT2D eigenvalue weighted by Gasteiger charge is 2.63. The Morgan fingerprint density at radius 3 is 1.82 bits per heavy atom. The first-order chi connectivity index (χ1) is 52.3. The zero-order chi connectivity index (χ0) is 78.4. The lowest BCUT2D eigenvalue weighted by Crippen LogP contribution is -2.59. The zero-order valence-electron chi connectivity index (χ0n) is 63.3. The molecule has 3 saturated carbocycles. The molecule has 3 aliphatic carbocycles. The van der Waals surface area contributed by atoms with Crippen molar-refractivity contribution >= 4 is 83.2 Å². The minimum Gasteiger partial charge on any atom is -0.484 e. The first-order valence-corrected chi connectivity index (χ1v) is 38.2. The van der Waals surface area contributed by atoms with Crippen molar-refractivity contribution in [3.05, 3.63) is 71.4 Å². The minimum atomic E-state index is -1.36. The van der Waals surface area contributed by atoms with E-state index in [0.717, 1.165) is 37.7 Å². The van der Waals surface area contributed by atoms with Crippen LogP contribution in [-0.2, 0) is 84.3 Å². The van der Waals surface area contributed by atoms with Gasteiger partial charge in [0.15, 0.2) is 6.61 Å². The molecule has 0 spiro atoms. The Hall–Kier alpha value is -8.48. The molecule has 109 heavy (non-hydrogen) atoms. The number of aromatic nitrogens is 1. The molecular weight excluding hydrogens is 1420 g/mol. The summed E-state index contributed by atoms with van der Waals surface area (Å²) < 4.78 is 35.5. The number of carboxylic acids is 4. The first-order valence-electron chi connectivity index (χ1n) is 38.2. The maximum absolute atomic E-state index is 13.9. The second-order valence-electron chi connectivity index (χ2n) is 29.7. The molecule has 4 unspecified atom stereocenters. The van der Waals surface area contributed by atoms with Gasteiger partial charge in [-0.3, -0.25) is 72.5 Å². The third-order valence-electron chi connectivity index (χ3n) is 20.8. The summed E-state index contributed by atoms with van der Waals surface area (Å²) in [6.07, 6.45) is 7.10. The Bertz CT molecular complexity index is 3510. The van der Waals surface area contributed by atoms with Crippen LogP contribution in [0.4, 0.5) is 0 Å². The molecule has 3 aromatic rings.